The molecule has 0 aromatic heterocycles. The first-order chi connectivity index (χ1) is 15.4. The van der Waals surface area contributed by atoms with Gasteiger partial charge < -0.3 is 0 Å². The number of phosphoric ester groups is 1. The van der Waals surface area contributed by atoms with E-state index < -0.39 is 7.82 Å². The Balaban J connectivity index is 1.54. The molecular formula is C24H24F3O4P. The third-order valence-electron chi connectivity index (χ3n) is 4.66. The standard InChI is InChI=1S/C24H24F3O4P/c25-22-7-1-19(2-8-22)13-16-29-32(28,30-17-14-20-3-9-23(26)10-4-20)31-18-15-21-5-11-24(27)12-6-21/h1-12H,13-18H2. The molecule has 170 valence electrons. The molecule has 0 heterocycles. The van der Waals surface area contributed by atoms with Crippen molar-refractivity contribution in [3.05, 3.63) is 107 Å². The maximum absolute atomic E-state index is 13.1. The van der Waals surface area contributed by atoms with Gasteiger partial charge in [-0.25, -0.2) is 17.7 Å². The minimum Gasteiger partial charge on any atom is -0.287 e. The van der Waals surface area contributed by atoms with Crippen LogP contribution in [0.1, 0.15) is 16.7 Å². The minimum absolute atomic E-state index is 0.0516. The smallest absolute Gasteiger partial charge is 0.287 e. The van der Waals surface area contributed by atoms with Crippen LogP contribution in [0.2, 0.25) is 0 Å². The van der Waals surface area contributed by atoms with Gasteiger partial charge in [-0.3, -0.25) is 13.6 Å². The number of hydrogen-bond donors (Lipinski definition) is 0. The van der Waals surface area contributed by atoms with Crippen LogP contribution in [-0.2, 0) is 37.4 Å². The zero-order valence-electron chi connectivity index (χ0n) is 17.4. The fraction of sp³-hybridized carbons (Fsp3) is 0.250. The Bertz CT molecular complexity index is 877. The monoisotopic (exact) mass is 464 g/mol. The van der Waals surface area contributed by atoms with Crippen LogP contribution >= 0.6 is 7.82 Å². The molecule has 0 saturated heterocycles. The molecule has 0 amide bonds. The molecule has 0 bridgehead atoms. The molecule has 0 atom stereocenters. The maximum Gasteiger partial charge on any atom is 0.474 e. The average molecular weight is 464 g/mol. The van der Waals surface area contributed by atoms with Crippen LogP contribution in [0.25, 0.3) is 0 Å². The summed E-state index contributed by atoms with van der Waals surface area (Å²) < 4.78 is 68.7. The van der Waals surface area contributed by atoms with Gasteiger partial charge in [0.15, 0.2) is 0 Å². The summed E-state index contributed by atoms with van der Waals surface area (Å²) in [5.41, 5.74) is 2.45. The lowest BCUT2D eigenvalue weighted by molar-refractivity contribution is 0.116. The third kappa shape index (κ3) is 8.24. The van der Waals surface area contributed by atoms with Gasteiger partial charge in [-0.15, -0.1) is 0 Å². The van der Waals surface area contributed by atoms with Crippen molar-refractivity contribution in [1.29, 1.82) is 0 Å². The van der Waals surface area contributed by atoms with Gasteiger partial charge in [0.2, 0.25) is 0 Å². The average Bonchev–Trinajstić information content (AvgIpc) is 2.78. The molecule has 0 radical (unpaired) electrons. The normalized spacial score (nSPS) is 11.6. The predicted octanol–water partition coefficient (Wildman–Crippen LogP) is 6.29. The van der Waals surface area contributed by atoms with E-state index in [9.17, 15) is 17.7 Å². The summed E-state index contributed by atoms with van der Waals surface area (Å²) in [7, 11) is -3.88. The predicted molar refractivity (Wildman–Crippen MR) is 116 cm³/mol. The molecular weight excluding hydrogens is 440 g/mol. The summed E-state index contributed by atoms with van der Waals surface area (Å²) in [5.74, 6) is -1.02. The topological polar surface area (TPSA) is 44.8 Å². The molecule has 0 spiro atoms. The number of benzene rings is 3. The van der Waals surface area contributed by atoms with Crippen molar-refractivity contribution in [1.82, 2.24) is 0 Å². The summed E-state index contributed by atoms with van der Waals surface area (Å²) in [4.78, 5) is 0. The largest absolute Gasteiger partial charge is 0.474 e. The Morgan fingerprint density at radius 3 is 1.00 bits per heavy atom. The van der Waals surface area contributed by atoms with Crippen molar-refractivity contribution in [2.75, 3.05) is 19.8 Å². The lowest BCUT2D eigenvalue weighted by atomic mass is 10.2. The molecule has 3 rings (SSSR count). The molecule has 0 aliphatic rings. The van der Waals surface area contributed by atoms with Gasteiger partial charge in [0.05, 0.1) is 19.8 Å². The Hall–Kier alpha value is -2.44. The van der Waals surface area contributed by atoms with Crippen LogP contribution in [0.5, 0.6) is 0 Å². The van der Waals surface area contributed by atoms with Crippen LogP contribution in [0.15, 0.2) is 72.8 Å². The Morgan fingerprint density at radius 2 is 0.750 bits per heavy atom. The SMILES string of the molecule is O=P(OCCc1ccc(F)cc1)(OCCc1ccc(F)cc1)OCCc1ccc(F)cc1. The van der Waals surface area contributed by atoms with Crippen molar-refractivity contribution in [3.63, 3.8) is 0 Å². The Morgan fingerprint density at radius 1 is 0.500 bits per heavy atom. The summed E-state index contributed by atoms with van der Waals surface area (Å²) >= 11 is 0. The van der Waals surface area contributed by atoms with E-state index in [1.54, 1.807) is 36.4 Å². The second kappa shape index (κ2) is 12.0. The molecule has 0 aliphatic heterocycles. The van der Waals surface area contributed by atoms with Gasteiger partial charge in [0.25, 0.3) is 0 Å². The first-order valence-corrected chi connectivity index (χ1v) is 11.6. The number of phosphoric acid groups is 1. The Labute approximate surface area is 185 Å². The van der Waals surface area contributed by atoms with Gasteiger partial charge in [-0.2, -0.15) is 0 Å². The van der Waals surface area contributed by atoms with E-state index in [1.807, 2.05) is 0 Å². The summed E-state index contributed by atoms with van der Waals surface area (Å²) in [5, 5.41) is 0. The quantitative estimate of drug-likeness (QED) is 0.296. The fourth-order valence-corrected chi connectivity index (χ4v) is 4.06. The zero-order chi connectivity index (χ0) is 22.8. The molecule has 32 heavy (non-hydrogen) atoms. The molecule has 3 aromatic rings. The third-order valence-corrected chi connectivity index (χ3v) is 6.16. The number of hydrogen-bond acceptors (Lipinski definition) is 4. The van der Waals surface area contributed by atoms with E-state index in [0.717, 1.165) is 16.7 Å². The molecule has 0 aliphatic carbocycles. The molecule has 8 heteroatoms. The van der Waals surface area contributed by atoms with Crippen molar-refractivity contribution in [2.24, 2.45) is 0 Å². The van der Waals surface area contributed by atoms with Gasteiger partial charge in [-0.05, 0) is 72.4 Å². The van der Waals surface area contributed by atoms with Crippen LogP contribution < -0.4 is 0 Å². The molecule has 4 nitrogen and oxygen atoms in total. The molecule has 3 aromatic carbocycles. The van der Waals surface area contributed by atoms with E-state index in [1.165, 1.54) is 36.4 Å². The second-order valence-corrected chi connectivity index (χ2v) is 8.75. The molecule has 0 unspecified atom stereocenters. The molecule has 0 fully saturated rings. The first-order valence-electron chi connectivity index (χ1n) is 10.2. The lowest BCUT2D eigenvalue weighted by Gasteiger charge is -2.18. The van der Waals surface area contributed by atoms with Crippen LogP contribution in [-0.4, -0.2) is 19.8 Å². The van der Waals surface area contributed by atoms with Gasteiger partial charge in [0.1, 0.15) is 17.5 Å². The van der Waals surface area contributed by atoms with Crippen molar-refractivity contribution in [2.45, 2.75) is 19.3 Å². The van der Waals surface area contributed by atoms with E-state index in [4.69, 9.17) is 13.6 Å². The molecule has 0 N–H and O–H groups in total. The lowest BCUT2D eigenvalue weighted by Crippen LogP contribution is -2.07. The second-order valence-electron chi connectivity index (χ2n) is 7.08. The highest BCUT2D eigenvalue weighted by atomic mass is 31.2. The highest BCUT2D eigenvalue weighted by Gasteiger charge is 2.26. The minimum atomic E-state index is -3.88. The Kier molecular flexibility index (Phi) is 9.06. The first kappa shape index (κ1) is 24.2. The summed E-state index contributed by atoms with van der Waals surface area (Å²) in [6.07, 6.45) is 1.19. The van der Waals surface area contributed by atoms with Crippen LogP contribution in [0, 0.1) is 17.5 Å². The van der Waals surface area contributed by atoms with Crippen molar-refractivity contribution < 1.29 is 31.3 Å². The highest BCUT2D eigenvalue weighted by Crippen LogP contribution is 2.49. The summed E-state index contributed by atoms with van der Waals surface area (Å²) in [6.45, 7) is 0.155. The van der Waals surface area contributed by atoms with Crippen molar-refractivity contribution >= 4 is 7.82 Å². The molecule has 0 saturated carbocycles. The van der Waals surface area contributed by atoms with Gasteiger partial charge >= 0.3 is 7.82 Å². The van der Waals surface area contributed by atoms with Crippen LogP contribution in [0.3, 0.4) is 0 Å². The zero-order valence-corrected chi connectivity index (χ0v) is 18.3. The van der Waals surface area contributed by atoms with Gasteiger partial charge in [0, 0.05) is 0 Å². The van der Waals surface area contributed by atoms with E-state index >= 15 is 0 Å². The van der Waals surface area contributed by atoms with Gasteiger partial charge in [-0.1, -0.05) is 36.4 Å². The number of rotatable bonds is 12. The number of halogens is 3. The van der Waals surface area contributed by atoms with E-state index in [2.05, 4.69) is 0 Å². The fourth-order valence-electron chi connectivity index (χ4n) is 2.89. The van der Waals surface area contributed by atoms with E-state index in [-0.39, 0.29) is 37.3 Å². The van der Waals surface area contributed by atoms with Crippen LogP contribution in [0.4, 0.5) is 13.2 Å². The maximum atomic E-state index is 13.1. The van der Waals surface area contributed by atoms with Crippen molar-refractivity contribution in [3.8, 4) is 0 Å². The highest BCUT2D eigenvalue weighted by molar-refractivity contribution is 7.48. The summed E-state index contributed by atoms with van der Waals surface area (Å²) in [6, 6.07) is 17.8. The van der Waals surface area contributed by atoms with E-state index in [0.29, 0.717) is 19.3 Å².